The number of nitrogens with zero attached hydrogens (tertiary/aromatic N) is 2. The van der Waals surface area contributed by atoms with E-state index < -0.39 is 18.1 Å². The average Bonchev–Trinajstić information content (AvgIpc) is 3.41. The summed E-state index contributed by atoms with van der Waals surface area (Å²) in [6.45, 7) is 2.70. The van der Waals surface area contributed by atoms with Crippen LogP contribution in [0.5, 0.6) is 11.5 Å². The Hall–Kier alpha value is -3.84. The van der Waals surface area contributed by atoms with Crippen LogP contribution in [-0.4, -0.2) is 31.6 Å². The predicted octanol–water partition coefficient (Wildman–Crippen LogP) is 4.93. The summed E-state index contributed by atoms with van der Waals surface area (Å²) >= 11 is 0. The predicted molar refractivity (Wildman–Crippen MR) is 132 cm³/mol. The fourth-order valence-electron chi connectivity index (χ4n) is 4.70. The Morgan fingerprint density at radius 2 is 1.54 bits per heavy atom. The van der Waals surface area contributed by atoms with E-state index in [9.17, 15) is 9.59 Å². The third-order valence-corrected chi connectivity index (χ3v) is 6.43. The molecule has 5 rings (SSSR count). The fourth-order valence-corrected chi connectivity index (χ4v) is 4.70. The fraction of sp³-hybridized carbons (Fsp3) is 0.286. The zero-order chi connectivity index (χ0) is 24.4. The maximum Gasteiger partial charge on any atom is 0.266 e. The van der Waals surface area contributed by atoms with Crippen LogP contribution in [0.3, 0.4) is 0 Å². The molecule has 0 bridgehead atoms. The highest BCUT2D eigenvalue weighted by Gasteiger charge is 2.60. The van der Waals surface area contributed by atoms with Crippen molar-refractivity contribution < 1.29 is 23.9 Å². The first-order chi connectivity index (χ1) is 17.1. The van der Waals surface area contributed by atoms with Crippen LogP contribution in [-0.2, 0) is 14.4 Å². The Bertz CT molecular complexity index is 1200. The number of carbonyl (C=O) groups is 2. The molecule has 2 fully saturated rings. The van der Waals surface area contributed by atoms with E-state index >= 15 is 0 Å². The number of methoxy groups -OCH3 is 1. The van der Waals surface area contributed by atoms with E-state index in [1.54, 1.807) is 36.4 Å². The van der Waals surface area contributed by atoms with Crippen LogP contribution in [0, 0.1) is 5.92 Å². The number of fused-ring (bicyclic) bond motifs is 1. The second-order valence-corrected chi connectivity index (χ2v) is 8.62. The van der Waals surface area contributed by atoms with E-state index in [1.807, 2.05) is 54.6 Å². The Kier molecular flexibility index (Phi) is 6.42. The zero-order valence-electron chi connectivity index (χ0n) is 19.8. The molecule has 3 atom stereocenters. The lowest BCUT2D eigenvalue weighted by Gasteiger charge is -2.29. The molecule has 0 saturated carbocycles. The number of unbranched alkanes of at least 4 members (excludes halogenated alkanes) is 1. The average molecular weight is 473 g/mol. The van der Waals surface area contributed by atoms with Crippen molar-refractivity contribution in [1.82, 2.24) is 0 Å². The van der Waals surface area contributed by atoms with E-state index in [0.717, 1.165) is 24.1 Å². The maximum absolute atomic E-state index is 13.7. The summed E-state index contributed by atoms with van der Waals surface area (Å²) < 4.78 is 11.5. The number of anilines is 2. The Morgan fingerprint density at radius 3 is 2.20 bits per heavy atom. The van der Waals surface area contributed by atoms with Gasteiger partial charge in [-0.05, 0) is 48.4 Å². The molecule has 3 aromatic rings. The van der Waals surface area contributed by atoms with Crippen molar-refractivity contribution in [3.8, 4) is 11.5 Å². The van der Waals surface area contributed by atoms with Gasteiger partial charge in [0.05, 0.1) is 31.1 Å². The van der Waals surface area contributed by atoms with Crippen molar-refractivity contribution in [3.63, 3.8) is 0 Å². The van der Waals surface area contributed by atoms with Crippen molar-refractivity contribution in [2.75, 3.05) is 23.7 Å². The summed E-state index contributed by atoms with van der Waals surface area (Å²) in [5, 5.41) is 1.68. The molecule has 2 heterocycles. The van der Waals surface area contributed by atoms with Gasteiger partial charge in [-0.2, -0.15) is 0 Å². The molecule has 2 saturated heterocycles. The van der Waals surface area contributed by atoms with Gasteiger partial charge in [0.2, 0.25) is 5.91 Å². The minimum atomic E-state index is -0.917. The van der Waals surface area contributed by atoms with Gasteiger partial charge in [0.25, 0.3) is 5.91 Å². The molecule has 2 amide bonds. The molecule has 0 aromatic heterocycles. The van der Waals surface area contributed by atoms with Gasteiger partial charge in [0.1, 0.15) is 5.92 Å². The number of ether oxygens (including phenoxy) is 2. The molecule has 0 aliphatic carbocycles. The van der Waals surface area contributed by atoms with Crippen molar-refractivity contribution >= 4 is 23.2 Å². The number of benzene rings is 3. The first-order valence-corrected chi connectivity index (χ1v) is 11.9. The van der Waals surface area contributed by atoms with E-state index in [0.29, 0.717) is 23.8 Å². The molecular formula is C28H28N2O5. The van der Waals surface area contributed by atoms with Crippen LogP contribution in [0.2, 0.25) is 0 Å². The van der Waals surface area contributed by atoms with Crippen LogP contribution in [0.15, 0.2) is 78.9 Å². The molecule has 0 unspecified atom stereocenters. The van der Waals surface area contributed by atoms with Gasteiger partial charge in [-0.15, -0.1) is 0 Å². The summed E-state index contributed by atoms with van der Waals surface area (Å²) in [5.74, 6) is -0.129. The molecule has 7 nitrogen and oxygen atoms in total. The quantitative estimate of drug-likeness (QED) is 0.342. The number of imide groups is 1. The minimum Gasteiger partial charge on any atom is -0.493 e. The van der Waals surface area contributed by atoms with Crippen LogP contribution in [0.25, 0.3) is 0 Å². The number of hydroxylamine groups is 1. The number of rotatable bonds is 8. The topological polar surface area (TPSA) is 68.3 Å². The second kappa shape index (κ2) is 9.80. The summed E-state index contributed by atoms with van der Waals surface area (Å²) in [6.07, 6.45) is 1.06. The highest BCUT2D eigenvalue weighted by Crippen LogP contribution is 2.48. The SMILES string of the molecule is CCCCOc1ccc([C@@H]2[C@@H]3C(=O)N(c4ccccc4)C(=O)[C@H]3ON2c2ccccc2)cc1OC. The van der Waals surface area contributed by atoms with E-state index in [2.05, 4.69) is 6.92 Å². The molecule has 0 spiro atoms. The van der Waals surface area contributed by atoms with Crippen molar-refractivity contribution in [2.45, 2.75) is 31.9 Å². The Labute approximate surface area is 204 Å². The van der Waals surface area contributed by atoms with Crippen molar-refractivity contribution in [3.05, 3.63) is 84.4 Å². The minimum absolute atomic E-state index is 0.281. The van der Waals surface area contributed by atoms with Gasteiger partial charge in [0, 0.05) is 0 Å². The monoisotopic (exact) mass is 472 g/mol. The molecule has 2 aliphatic rings. The molecule has 7 heteroatoms. The van der Waals surface area contributed by atoms with Gasteiger partial charge in [-0.1, -0.05) is 55.8 Å². The lowest BCUT2D eigenvalue weighted by Crippen LogP contribution is -2.37. The third-order valence-electron chi connectivity index (χ3n) is 6.43. The highest BCUT2D eigenvalue weighted by molar-refractivity contribution is 6.23. The van der Waals surface area contributed by atoms with Gasteiger partial charge in [0.15, 0.2) is 17.6 Å². The number of amides is 2. The van der Waals surface area contributed by atoms with Crippen molar-refractivity contribution in [1.29, 1.82) is 0 Å². The molecule has 3 aromatic carbocycles. The van der Waals surface area contributed by atoms with Gasteiger partial charge in [-0.25, -0.2) is 9.96 Å². The Balaban J connectivity index is 1.54. The van der Waals surface area contributed by atoms with Crippen LogP contribution >= 0.6 is 0 Å². The van der Waals surface area contributed by atoms with Gasteiger partial charge >= 0.3 is 0 Å². The number of carbonyl (C=O) groups excluding carboxylic acids is 2. The first-order valence-electron chi connectivity index (χ1n) is 11.9. The summed E-state index contributed by atoms with van der Waals surface area (Å²) in [5.41, 5.74) is 2.11. The van der Waals surface area contributed by atoms with Gasteiger partial charge < -0.3 is 9.47 Å². The molecular weight excluding hydrogens is 444 g/mol. The molecule has 0 N–H and O–H groups in total. The summed E-state index contributed by atoms with van der Waals surface area (Å²) in [7, 11) is 1.59. The van der Waals surface area contributed by atoms with Crippen molar-refractivity contribution in [2.24, 2.45) is 5.92 Å². The van der Waals surface area contributed by atoms with Crippen LogP contribution in [0.1, 0.15) is 31.4 Å². The number of hydrogen-bond acceptors (Lipinski definition) is 6. The lowest BCUT2D eigenvalue weighted by atomic mass is 9.90. The lowest BCUT2D eigenvalue weighted by molar-refractivity contribution is -0.126. The van der Waals surface area contributed by atoms with E-state index in [4.69, 9.17) is 14.3 Å². The maximum atomic E-state index is 13.7. The second-order valence-electron chi connectivity index (χ2n) is 8.62. The van der Waals surface area contributed by atoms with Crippen LogP contribution < -0.4 is 19.4 Å². The summed E-state index contributed by atoms with van der Waals surface area (Å²) in [6, 6.07) is 23.6. The standard InChI is InChI=1S/C28H28N2O5/c1-3-4-17-34-22-16-15-19(18-23(22)33-2)25-24-26(35-30(25)21-13-9-6-10-14-21)28(32)29(27(24)31)20-11-7-5-8-12-20/h5-16,18,24-26H,3-4,17H2,1-2H3/t24-,25+,26-/m0/s1. The molecule has 0 radical (unpaired) electrons. The highest BCUT2D eigenvalue weighted by atomic mass is 16.7. The van der Waals surface area contributed by atoms with E-state index in [-0.39, 0.29) is 11.8 Å². The number of hydrogen-bond donors (Lipinski definition) is 0. The smallest absolute Gasteiger partial charge is 0.266 e. The first kappa shape index (κ1) is 22.9. The van der Waals surface area contributed by atoms with Gasteiger partial charge in [-0.3, -0.25) is 14.4 Å². The normalized spacial score (nSPS) is 21.4. The zero-order valence-corrected chi connectivity index (χ0v) is 19.8. The molecule has 180 valence electrons. The number of para-hydroxylation sites is 2. The Morgan fingerprint density at radius 1 is 0.857 bits per heavy atom. The summed E-state index contributed by atoms with van der Waals surface area (Å²) in [4.78, 5) is 34.5. The molecule has 35 heavy (non-hydrogen) atoms. The van der Waals surface area contributed by atoms with E-state index in [1.165, 1.54) is 4.90 Å². The molecule has 2 aliphatic heterocycles. The third kappa shape index (κ3) is 4.12. The van der Waals surface area contributed by atoms with Crippen LogP contribution in [0.4, 0.5) is 11.4 Å². The largest absolute Gasteiger partial charge is 0.493 e.